The van der Waals surface area contributed by atoms with E-state index < -0.39 is 0 Å². The summed E-state index contributed by atoms with van der Waals surface area (Å²) in [7, 11) is 0. The quantitative estimate of drug-likeness (QED) is 0.857. The maximum absolute atomic E-state index is 3.56. The SMILES string of the molecule is CCC(CC)C1CNc2ccc(Br)cc21. The molecule has 1 aromatic carbocycles. The van der Waals surface area contributed by atoms with Gasteiger partial charge in [-0.2, -0.15) is 0 Å². The molecule has 0 aliphatic carbocycles. The van der Waals surface area contributed by atoms with Gasteiger partial charge in [0.05, 0.1) is 0 Å². The lowest BCUT2D eigenvalue weighted by Gasteiger charge is -2.20. The van der Waals surface area contributed by atoms with Crippen LogP contribution in [0.1, 0.15) is 38.2 Å². The standard InChI is InChI=1S/C13H18BrN/c1-3-9(4-2)12-8-15-13-6-5-10(14)7-11(12)13/h5-7,9,12,15H,3-4,8H2,1-2H3. The molecule has 1 unspecified atom stereocenters. The van der Waals surface area contributed by atoms with Crippen LogP contribution in [0.3, 0.4) is 0 Å². The van der Waals surface area contributed by atoms with E-state index in [0.717, 1.165) is 12.5 Å². The number of anilines is 1. The van der Waals surface area contributed by atoms with Crippen LogP contribution in [0.25, 0.3) is 0 Å². The predicted molar refractivity (Wildman–Crippen MR) is 69.4 cm³/mol. The van der Waals surface area contributed by atoms with Crippen molar-refractivity contribution < 1.29 is 0 Å². The topological polar surface area (TPSA) is 12.0 Å². The van der Waals surface area contributed by atoms with Gasteiger partial charge in [-0.05, 0) is 29.7 Å². The van der Waals surface area contributed by atoms with Gasteiger partial charge in [0.15, 0.2) is 0 Å². The fourth-order valence-electron chi connectivity index (χ4n) is 2.61. The van der Waals surface area contributed by atoms with E-state index in [1.54, 1.807) is 0 Å². The summed E-state index contributed by atoms with van der Waals surface area (Å²) < 4.78 is 1.20. The maximum atomic E-state index is 3.56. The third-order valence-corrected chi connectivity index (χ3v) is 4.04. The lowest BCUT2D eigenvalue weighted by atomic mass is 9.84. The van der Waals surface area contributed by atoms with E-state index in [0.29, 0.717) is 5.92 Å². The van der Waals surface area contributed by atoms with E-state index in [1.807, 2.05) is 0 Å². The fourth-order valence-corrected chi connectivity index (χ4v) is 2.99. The molecule has 15 heavy (non-hydrogen) atoms. The van der Waals surface area contributed by atoms with Crippen LogP contribution >= 0.6 is 15.9 Å². The lowest BCUT2D eigenvalue weighted by molar-refractivity contribution is 0.418. The van der Waals surface area contributed by atoms with E-state index in [9.17, 15) is 0 Å². The van der Waals surface area contributed by atoms with Crippen molar-refractivity contribution in [2.24, 2.45) is 5.92 Å². The van der Waals surface area contributed by atoms with Crippen molar-refractivity contribution in [2.75, 3.05) is 11.9 Å². The van der Waals surface area contributed by atoms with Crippen molar-refractivity contribution in [1.29, 1.82) is 0 Å². The summed E-state index contributed by atoms with van der Waals surface area (Å²) in [5, 5.41) is 3.51. The summed E-state index contributed by atoms with van der Waals surface area (Å²) in [6.07, 6.45) is 2.55. The molecule has 2 rings (SSSR count). The Morgan fingerprint density at radius 2 is 2.13 bits per heavy atom. The second-order valence-electron chi connectivity index (χ2n) is 4.30. The van der Waals surface area contributed by atoms with Gasteiger partial charge in [-0.1, -0.05) is 42.6 Å². The molecule has 0 saturated heterocycles. The summed E-state index contributed by atoms with van der Waals surface area (Å²) in [4.78, 5) is 0. The number of fused-ring (bicyclic) bond motifs is 1. The molecule has 1 aliphatic heterocycles. The molecule has 0 fully saturated rings. The fraction of sp³-hybridized carbons (Fsp3) is 0.538. The van der Waals surface area contributed by atoms with Crippen molar-refractivity contribution >= 4 is 21.6 Å². The van der Waals surface area contributed by atoms with Crippen molar-refractivity contribution in [3.05, 3.63) is 28.2 Å². The third-order valence-electron chi connectivity index (χ3n) is 3.54. The summed E-state index contributed by atoms with van der Waals surface area (Å²) in [6, 6.07) is 6.57. The first-order valence-electron chi connectivity index (χ1n) is 5.79. The first kappa shape index (κ1) is 11.0. The van der Waals surface area contributed by atoms with Crippen molar-refractivity contribution in [2.45, 2.75) is 32.6 Å². The van der Waals surface area contributed by atoms with Gasteiger partial charge >= 0.3 is 0 Å². The minimum absolute atomic E-state index is 0.701. The Morgan fingerprint density at radius 1 is 1.40 bits per heavy atom. The van der Waals surface area contributed by atoms with Gasteiger partial charge < -0.3 is 5.32 Å². The van der Waals surface area contributed by atoms with Gasteiger partial charge in [-0.15, -0.1) is 0 Å². The molecule has 1 atom stereocenters. The van der Waals surface area contributed by atoms with Crippen LogP contribution < -0.4 is 5.32 Å². The zero-order valence-electron chi connectivity index (χ0n) is 9.39. The largest absolute Gasteiger partial charge is 0.384 e. The van der Waals surface area contributed by atoms with E-state index in [2.05, 4.69) is 53.3 Å². The first-order valence-corrected chi connectivity index (χ1v) is 6.58. The molecule has 1 aliphatic rings. The molecule has 1 nitrogen and oxygen atoms in total. The van der Waals surface area contributed by atoms with E-state index >= 15 is 0 Å². The molecule has 0 saturated carbocycles. The zero-order chi connectivity index (χ0) is 10.8. The molecule has 1 N–H and O–H groups in total. The second-order valence-corrected chi connectivity index (χ2v) is 5.21. The Balaban J connectivity index is 2.30. The molecule has 0 bridgehead atoms. The van der Waals surface area contributed by atoms with Crippen molar-refractivity contribution in [3.8, 4) is 0 Å². The Hall–Kier alpha value is -0.500. The Kier molecular flexibility index (Phi) is 3.35. The molecule has 0 radical (unpaired) electrons. The highest BCUT2D eigenvalue weighted by atomic mass is 79.9. The van der Waals surface area contributed by atoms with Crippen LogP contribution in [0.5, 0.6) is 0 Å². The smallest absolute Gasteiger partial charge is 0.0377 e. The molecule has 2 heteroatoms. The van der Waals surface area contributed by atoms with Gasteiger partial charge in [0, 0.05) is 22.6 Å². The normalized spacial score (nSPS) is 19.1. The zero-order valence-corrected chi connectivity index (χ0v) is 11.0. The van der Waals surface area contributed by atoms with Crippen molar-refractivity contribution in [3.63, 3.8) is 0 Å². The number of nitrogens with one attached hydrogen (secondary N) is 1. The third kappa shape index (κ3) is 2.05. The second kappa shape index (κ2) is 4.56. The molecule has 0 amide bonds. The average Bonchev–Trinajstić information content (AvgIpc) is 2.64. The average molecular weight is 268 g/mol. The van der Waals surface area contributed by atoms with Crippen LogP contribution in [0.4, 0.5) is 5.69 Å². The number of halogens is 1. The highest BCUT2D eigenvalue weighted by molar-refractivity contribution is 9.10. The number of hydrogen-bond donors (Lipinski definition) is 1. The predicted octanol–water partition coefficient (Wildman–Crippen LogP) is 4.39. The lowest BCUT2D eigenvalue weighted by Crippen LogP contribution is -2.13. The van der Waals surface area contributed by atoms with Gasteiger partial charge in [-0.3, -0.25) is 0 Å². The molecular weight excluding hydrogens is 250 g/mol. The Bertz CT molecular complexity index is 344. The Labute approximate surface area is 100 Å². The number of hydrogen-bond acceptors (Lipinski definition) is 1. The van der Waals surface area contributed by atoms with Crippen LogP contribution in [0, 0.1) is 5.92 Å². The van der Waals surface area contributed by atoms with E-state index in [4.69, 9.17) is 0 Å². The summed E-state index contributed by atoms with van der Waals surface area (Å²) in [6.45, 7) is 5.70. The van der Waals surface area contributed by atoms with Gasteiger partial charge in [0.25, 0.3) is 0 Å². The highest BCUT2D eigenvalue weighted by Gasteiger charge is 2.27. The van der Waals surface area contributed by atoms with Crippen molar-refractivity contribution in [1.82, 2.24) is 0 Å². The molecule has 1 heterocycles. The summed E-state index contributed by atoms with van der Waals surface area (Å²) in [5.41, 5.74) is 2.83. The minimum Gasteiger partial charge on any atom is -0.384 e. The number of rotatable bonds is 3. The molecular formula is C13H18BrN. The monoisotopic (exact) mass is 267 g/mol. The summed E-state index contributed by atoms with van der Waals surface area (Å²) >= 11 is 3.56. The molecule has 0 spiro atoms. The highest BCUT2D eigenvalue weighted by Crippen LogP contribution is 2.40. The van der Waals surface area contributed by atoms with Gasteiger partial charge in [-0.25, -0.2) is 0 Å². The van der Waals surface area contributed by atoms with Crippen LogP contribution in [0.15, 0.2) is 22.7 Å². The molecule has 82 valence electrons. The molecule has 1 aromatic rings. The van der Waals surface area contributed by atoms with E-state index in [1.165, 1.54) is 28.6 Å². The summed E-state index contributed by atoms with van der Waals surface area (Å²) in [5.74, 6) is 1.51. The van der Waals surface area contributed by atoms with E-state index in [-0.39, 0.29) is 0 Å². The maximum Gasteiger partial charge on any atom is 0.0377 e. The first-order chi connectivity index (χ1) is 7.26. The minimum atomic E-state index is 0.701. The van der Waals surface area contributed by atoms with Gasteiger partial charge in [0.2, 0.25) is 0 Å². The van der Waals surface area contributed by atoms with Crippen LogP contribution in [0.2, 0.25) is 0 Å². The van der Waals surface area contributed by atoms with Crippen LogP contribution in [-0.4, -0.2) is 6.54 Å². The molecule has 0 aromatic heterocycles. The van der Waals surface area contributed by atoms with Gasteiger partial charge in [0.1, 0.15) is 0 Å². The number of benzene rings is 1. The van der Waals surface area contributed by atoms with Crippen LogP contribution in [-0.2, 0) is 0 Å². The Morgan fingerprint density at radius 3 is 2.80 bits per heavy atom.